The minimum atomic E-state index is 0.857. The summed E-state index contributed by atoms with van der Waals surface area (Å²) in [5.41, 5.74) is 0. The second-order valence-electron chi connectivity index (χ2n) is 3.60. The van der Waals surface area contributed by atoms with E-state index in [1.54, 1.807) is 5.92 Å². The van der Waals surface area contributed by atoms with Crippen LogP contribution in [-0.2, 0) is 0 Å². The van der Waals surface area contributed by atoms with Gasteiger partial charge in [-0.3, -0.25) is 0 Å². The van der Waals surface area contributed by atoms with Crippen LogP contribution in [0.15, 0.2) is 0 Å². The Hall–Kier alpha value is 0. The van der Waals surface area contributed by atoms with Crippen molar-refractivity contribution in [2.45, 2.75) is 46.0 Å². The van der Waals surface area contributed by atoms with E-state index in [0.29, 0.717) is 0 Å². The van der Waals surface area contributed by atoms with Crippen LogP contribution in [-0.4, -0.2) is 0 Å². The van der Waals surface area contributed by atoms with Crippen molar-refractivity contribution in [2.75, 3.05) is 0 Å². The minimum absolute atomic E-state index is 0.857. The SMILES string of the molecule is C[C]1CCC[CH]C(C)CC1. The Balaban J connectivity index is 2.23. The van der Waals surface area contributed by atoms with Crippen LogP contribution in [0, 0.1) is 18.3 Å². The van der Waals surface area contributed by atoms with Gasteiger partial charge < -0.3 is 0 Å². The number of hydrogen-bond acceptors (Lipinski definition) is 0. The van der Waals surface area contributed by atoms with Gasteiger partial charge >= 0.3 is 0 Å². The Morgan fingerprint density at radius 1 is 1.40 bits per heavy atom. The van der Waals surface area contributed by atoms with Crippen LogP contribution in [0.5, 0.6) is 0 Å². The molecule has 0 aromatic carbocycles. The van der Waals surface area contributed by atoms with E-state index in [0.717, 1.165) is 5.92 Å². The van der Waals surface area contributed by atoms with Gasteiger partial charge in [-0.2, -0.15) is 0 Å². The lowest BCUT2D eigenvalue weighted by molar-refractivity contribution is 0.503. The molecule has 0 aromatic heterocycles. The highest BCUT2D eigenvalue weighted by molar-refractivity contribution is 4.89. The fourth-order valence-corrected chi connectivity index (χ4v) is 1.52. The Morgan fingerprint density at radius 3 is 3.00 bits per heavy atom. The van der Waals surface area contributed by atoms with Gasteiger partial charge in [0.05, 0.1) is 0 Å². The molecule has 1 aliphatic rings. The molecule has 0 heteroatoms. The summed E-state index contributed by atoms with van der Waals surface area (Å²) in [5, 5.41) is 0. The molecule has 0 N–H and O–H groups in total. The molecule has 1 saturated carbocycles. The van der Waals surface area contributed by atoms with Crippen LogP contribution in [0.2, 0.25) is 0 Å². The lowest BCUT2D eigenvalue weighted by Crippen LogP contribution is -2.04. The largest absolute Gasteiger partial charge is 0.0622 e. The van der Waals surface area contributed by atoms with Crippen LogP contribution in [0.1, 0.15) is 46.0 Å². The second kappa shape index (κ2) is 4.00. The summed E-state index contributed by atoms with van der Waals surface area (Å²) in [6, 6.07) is 0. The van der Waals surface area contributed by atoms with Gasteiger partial charge in [0.15, 0.2) is 0 Å². The number of hydrogen-bond donors (Lipinski definition) is 0. The van der Waals surface area contributed by atoms with Crippen LogP contribution in [0.4, 0.5) is 0 Å². The Kier molecular flexibility index (Phi) is 3.24. The first-order chi connectivity index (χ1) is 4.79. The van der Waals surface area contributed by atoms with E-state index in [1.807, 2.05) is 0 Å². The van der Waals surface area contributed by atoms with Crippen molar-refractivity contribution in [2.24, 2.45) is 5.92 Å². The van der Waals surface area contributed by atoms with Gasteiger partial charge in [0.25, 0.3) is 0 Å². The van der Waals surface area contributed by atoms with Crippen molar-refractivity contribution in [3.05, 3.63) is 12.3 Å². The van der Waals surface area contributed by atoms with E-state index >= 15 is 0 Å². The standard InChI is InChI=1S/C10H18/c1-9-5-3-4-6-10(2)8-7-9/h5,9H,3-4,6-8H2,1-2H3. The van der Waals surface area contributed by atoms with Gasteiger partial charge in [0, 0.05) is 0 Å². The first kappa shape index (κ1) is 8.10. The predicted octanol–water partition coefficient (Wildman–Crippen LogP) is 3.39. The lowest BCUT2D eigenvalue weighted by Gasteiger charge is -2.18. The van der Waals surface area contributed by atoms with Crippen molar-refractivity contribution >= 4 is 0 Å². The predicted molar refractivity (Wildman–Crippen MR) is 45.5 cm³/mol. The zero-order chi connectivity index (χ0) is 7.40. The van der Waals surface area contributed by atoms with E-state index in [4.69, 9.17) is 0 Å². The molecule has 0 saturated heterocycles. The fraction of sp³-hybridized carbons (Fsp3) is 0.800. The average Bonchev–Trinajstić information content (AvgIpc) is 1.90. The monoisotopic (exact) mass is 138 g/mol. The van der Waals surface area contributed by atoms with Crippen molar-refractivity contribution < 1.29 is 0 Å². The summed E-state index contributed by atoms with van der Waals surface area (Å²) in [6.45, 7) is 4.64. The fourth-order valence-electron chi connectivity index (χ4n) is 1.52. The van der Waals surface area contributed by atoms with E-state index in [2.05, 4.69) is 20.3 Å². The second-order valence-corrected chi connectivity index (χ2v) is 3.60. The third-order valence-corrected chi connectivity index (χ3v) is 2.40. The molecular formula is C10H18. The van der Waals surface area contributed by atoms with Crippen molar-refractivity contribution in [1.29, 1.82) is 0 Å². The minimum Gasteiger partial charge on any atom is -0.0622 e. The third-order valence-electron chi connectivity index (χ3n) is 2.40. The summed E-state index contributed by atoms with van der Waals surface area (Å²) in [6.07, 6.45) is 9.30. The van der Waals surface area contributed by atoms with Gasteiger partial charge in [-0.15, -0.1) is 0 Å². The normalized spacial score (nSPS) is 31.2. The summed E-state index contributed by atoms with van der Waals surface area (Å²) in [5.74, 6) is 2.56. The summed E-state index contributed by atoms with van der Waals surface area (Å²) in [4.78, 5) is 0. The van der Waals surface area contributed by atoms with Crippen LogP contribution in [0.25, 0.3) is 0 Å². The van der Waals surface area contributed by atoms with Crippen molar-refractivity contribution in [3.8, 4) is 0 Å². The molecule has 58 valence electrons. The van der Waals surface area contributed by atoms with Crippen molar-refractivity contribution in [1.82, 2.24) is 0 Å². The van der Waals surface area contributed by atoms with Gasteiger partial charge in [-0.25, -0.2) is 0 Å². The summed E-state index contributed by atoms with van der Waals surface area (Å²) in [7, 11) is 0. The molecule has 1 unspecified atom stereocenters. The van der Waals surface area contributed by atoms with Gasteiger partial charge in [0.1, 0.15) is 0 Å². The smallest absolute Gasteiger partial charge is 0.0272 e. The van der Waals surface area contributed by atoms with Crippen LogP contribution < -0.4 is 0 Å². The van der Waals surface area contributed by atoms with E-state index in [-0.39, 0.29) is 0 Å². The van der Waals surface area contributed by atoms with Gasteiger partial charge in [-0.05, 0) is 43.9 Å². The van der Waals surface area contributed by atoms with E-state index in [1.165, 1.54) is 32.1 Å². The lowest BCUT2D eigenvalue weighted by atomic mass is 9.87. The van der Waals surface area contributed by atoms with Gasteiger partial charge in [0.2, 0.25) is 0 Å². The third kappa shape index (κ3) is 2.72. The molecule has 0 aliphatic heterocycles. The maximum absolute atomic E-state index is 2.48. The zero-order valence-electron chi connectivity index (χ0n) is 7.19. The maximum atomic E-state index is 2.48. The first-order valence-corrected chi connectivity index (χ1v) is 4.43. The first-order valence-electron chi connectivity index (χ1n) is 4.43. The van der Waals surface area contributed by atoms with E-state index in [9.17, 15) is 0 Å². The molecular weight excluding hydrogens is 120 g/mol. The molecule has 0 spiro atoms. The molecule has 0 nitrogen and oxygen atoms in total. The molecule has 1 aliphatic carbocycles. The molecule has 10 heavy (non-hydrogen) atoms. The van der Waals surface area contributed by atoms with Crippen LogP contribution in [0.3, 0.4) is 0 Å². The highest BCUT2D eigenvalue weighted by Gasteiger charge is 2.10. The summed E-state index contributed by atoms with van der Waals surface area (Å²) < 4.78 is 0. The molecule has 1 fully saturated rings. The molecule has 2 radical (unpaired) electrons. The zero-order valence-corrected chi connectivity index (χ0v) is 7.19. The average molecular weight is 138 g/mol. The quantitative estimate of drug-likeness (QED) is 0.481. The summed E-state index contributed by atoms with van der Waals surface area (Å²) >= 11 is 0. The number of rotatable bonds is 0. The molecule has 0 amide bonds. The Labute approximate surface area is 65.0 Å². The van der Waals surface area contributed by atoms with E-state index < -0.39 is 0 Å². The maximum Gasteiger partial charge on any atom is -0.0272 e. The molecule has 0 bridgehead atoms. The molecule has 1 atom stereocenters. The highest BCUT2D eigenvalue weighted by Crippen LogP contribution is 2.25. The highest BCUT2D eigenvalue weighted by atomic mass is 14.2. The Bertz CT molecular complexity index is 74.0. The Morgan fingerprint density at radius 2 is 2.20 bits per heavy atom. The molecule has 1 rings (SSSR count). The van der Waals surface area contributed by atoms with Crippen LogP contribution >= 0.6 is 0 Å². The van der Waals surface area contributed by atoms with Gasteiger partial charge in [-0.1, -0.05) is 20.3 Å². The molecule has 0 aromatic rings. The topological polar surface area (TPSA) is 0 Å². The molecule has 0 heterocycles. The van der Waals surface area contributed by atoms with Crippen molar-refractivity contribution in [3.63, 3.8) is 0 Å².